The van der Waals surface area contributed by atoms with Crippen molar-refractivity contribution in [3.05, 3.63) is 34.1 Å². The molecule has 0 aliphatic heterocycles. The lowest BCUT2D eigenvalue weighted by Gasteiger charge is -2.41. The maximum Gasteiger partial charge on any atom is 0.129 e. The van der Waals surface area contributed by atoms with Crippen LogP contribution in [-0.2, 0) is 5.60 Å². The van der Waals surface area contributed by atoms with E-state index in [4.69, 9.17) is 0 Å². The molecule has 0 saturated heterocycles. The van der Waals surface area contributed by atoms with E-state index in [9.17, 15) is 9.50 Å². The summed E-state index contributed by atoms with van der Waals surface area (Å²) in [5.74, 6) is 0.230. The third-order valence-electron chi connectivity index (χ3n) is 3.96. The van der Waals surface area contributed by atoms with Crippen molar-refractivity contribution in [3.8, 4) is 0 Å². The van der Waals surface area contributed by atoms with Crippen LogP contribution in [0.25, 0.3) is 0 Å². The molecule has 94 valence electrons. The first-order chi connectivity index (χ1) is 7.93. The average molecular weight is 301 g/mol. The predicted molar refractivity (Wildman–Crippen MR) is 70.2 cm³/mol. The Labute approximate surface area is 110 Å². The van der Waals surface area contributed by atoms with Gasteiger partial charge in [-0.2, -0.15) is 0 Å². The number of halogens is 2. The summed E-state index contributed by atoms with van der Waals surface area (Å²) in [6.45, 7) is 4.12. The molecule has 0 spiro atoms. The van der Waals surface area contributed by atoms with Gasteiger partial charge in [-0.05, 0) is 42.9 Å². The number of rotatable bonds is 1. The number of benzene rings is 1. The van der Waals surface area contributed by atoms with Crippen LogP contribution in [0.15, 0.2) is 22.7 Å². The molecule has 1 aliphatic carbocycles. The van der Waals surface area contributed by atoms with Crippen LogP contribution in [0.5, 0.6) is 0 Å². The van der Waals surface area contributed by atoms with Gasteiger partial charge in [0.15, 0.2) is 0 Å². The summed E-state index contributed by atoms with van der Waals surface area (Å²) in [6.07, 6.45) is 2.70. The van der Waals surface area contributed by atoms with E-state index in [-0.39, 0.29) is 11.7 Å². The first-order valence-electron chi connectivity index (χ1n) is 6.11. The maximum atomic E-state index is 13.9. The van der Waals surface area contributed by atoms with Gasteiger partial charge in [0.1, 0.15) is 5.82 Å². The molecule has 1 aromatic carbocycles. The molecule has 1 fully saturated rings. The zero-order chi connectivity index (χ0) is 12.6. The van der Waals surface area contributed by atoms with Gasteiger partial charge in [-0.15, -0.1) is 0 Å². The Kier molecular flexibility index (Phi) is 3.60. The number of hydrogen-bond donors (Lipinski definition) is 1. The molecule has 0 radical (unpaired) electrons. The highest BCUT2D eigenvalue weighted by Gasteiger charge is 2.41. The quantitative estimate of drug-likeness (QED) is 0.823. The third-order valence-corrected chi connectivity index (χ3v) is 4.46. The molecule has 0 aromatic heterocycles. The smallest absolute Gasteiger partial charge is 0.129 e. The van der Waals surface area contributed by atoms with Gasteiger partial charge in [-0.3, -0.25) is 0 Å². The molecule has 1 aliphatic rings. The third kappa shape index (κ3) is 2.41. The van der Waals surface area contributed by atoms with Gasteiger partial charge >= 0.3 is 0 Å². The summed E-state index contributed by atoms with van der Waals surface area (Å²) in [4.78, 5) is 0. The van der Waals surface area contributed by atoms with Crippen molar-refractivity contribution in [1.82, 2.24) is 0 Å². The van der Waals surface area contributed by atoms with E-state index in [2.05, 4.69) is 22.9 Å². The van der Waals surface area contributed by atoms with Gasteiger partial charge in [0, 0.05) is 10.0 Å². The molecule has 1 nitrogen and oxygen atoms in total. The summed E-state index contributed by atoms with van der Waals surface area (Å²) in [5.41, 5.74) is -0.586. The summed E-state index contributed by atoms with van der Waals surface area (Å²) < 4.78 is 14.7. The highest BCUT2D eigenvalue weighted by molar-refractivity contribution is 9.10. The lowest BCUT2D eigenvalue weighted by molar-refractivity contribution is -0.0652. The average Bonchev–Trinajstić information content (AvgIpc) is 2.27. The maximum absolute atomic E-state index is 13.9. The SMILES string of the molecule is CC1CCC(C)C(O)(c2cc(Br)ccc2F)C1. The summed E-state index contributed by atoms with van der Waals surface area (Å²) in [6, 6.07) is 4.80. The molecular formula is C14H18BrFO. The standard InChI is InChI=1S/C14H18BrFO/c1-9-3-4-10(2)14(17,8-9)12-7-11(15)5-6-13(12)16/h5-7,9-10,17H,3-4,8H2,1-2H3. The van der Waals surface area contributed by atoms with Crippen LogP contribution in [0, 0.1) is 17.7 Å². The van der Waals surface area contributed by atoms with Crippen molar-refractivity contribution < 1.29 is 9.50 Å². The molecule has 1 saturated carbocycles. The fraction of sp³-hybridized carbons (Fsp3) is 0.571. The lowest BCUT2D eigenvalue weighted by atomic mass is 9.69. The molecule has 0 heterocycles. The van der Waals surface area contributed by atoms with Crippen molar-refractivity contribution in [2.75, 3.05) is 0 Å². The Hall–Kier alpha value is -0.410. The molecule has 2 rings (SSSR count). The van der Waals surface area contributed by atoms with Gasteiger partial charge in [-0.1, -0.05) is 36.2 Å². The van der Waals surface area contributed by atoms with Gasteiger partial charge < -0.3 is 5.11 Å². The fourth-order valence-corrected chi connectivity index (χ4v) is 3.17. The largest absolute Gasteiger partial charge is 0.385 e. The first kappa shape index (κ1) is 13.0. The van der Waals surface area contributed by atoms with Gasteiger partial charge in [0.05, 0.1) is 5.60 Å². The van der Waals surface area contributed by atoms with Crippen molar-refractivity contribution in [1.29, 1.82) is 0 Å². The Balaban J connectivity index is 2.45. The predicted octanol–water partition coefficient (Wildman–Crippen LogP) is 4.23. The van der Waals surface area contributed by atoms with E-state index < -0.39 is 5.60 Å². The lowest BCUT2D eigenvalue weighted by Crippen LogP contribution is -2.39. The summed E-state index contributed by atoms with van der Waals surface area (Å²) >= 11 is 3.34. The Morgan fingerprint density at radius 2 is 2.06 bits per heavy atom. The second-order valence-electron chi connectivity index (χ2n) is 5.34. The van der Waals surface area contributed by atoms with Crippen LogP contribution in [0.4, 0.5) is 4.39 Å². The molecule has 0 amide bonds. The highest BCUT2D eigenvalue weighted by atomic mass is 79.9. The van der Waals surface area contributed by atoms with Gasteiger partial charge in [0.25, 0.3) is 0 Å². The summed E-state index contributed by atoms with van der Waals surface area (Å²) in [7, 11) is 0. The Bertz CT molecular complexity index is 421. The van der Waals surface area contributed by atoms with Gasteiger partial charge in [0.2, 0.25) is 0 Å². The van der Waals surface area contributed by atoms with E-state index >= 15 is 0 Å². The zero-order valence-electron chi connectivity index (χ0n) is 10.2. The minimum absolute atomic E-state index is 0.0995. The molecule has 3 unspecified atom stereocenters. The van der Waals surface area contributed by atoms with Crippen molar-refractivity contribution in [2.45, 2.75) is 38.7 Å². The highest BCUT2D eigenvalue weighted by Crippen LogP contribution is 2.45. The minimum Gasteiger partial charge on any atom is -0.385 e. The normalized spacial score (nSPS) is 33.7. The molecular weight excluding hydrogens is 283 g/mol. The van der Waals surface area contributed by atoms with Crippen LogP contribution in [0.1, 0.15) is 38.7 Å². The molecule has 3 heteroatoms. The van der Waals surface area contributed by atoms with Crippen LogP contribution in [0.2, 0.25) is 0 Å². The van der Waals surface area contributed by atoms with Crippen molar-refractivity contribution in [3.63, 3.8) is 0 Å². The van der Waals surface area contributed by atoms with Gasteiger partial charge in [-0.25, -0.2) is 4.39 Å². The Morgan fingerprint density at radius 1 is 1.35 bits per heavy atom. The van der Waals surface area contributed by atoms with E-state index in [0.717, 1.165) is 17.3 Å². The molecule has 1 aromatic rings. The van der Waals surface area contributed by atoms with Crippen LogP contribution in [-0.4, -0.2) is 5.11 Å². The summed E-state index contributed by atoms with van der Waals surface area (Å²) in [5, 5.41) is 10.8. The van der Waals surface area contributed by atoms with Crippen molar-refractivity contribution in [2.24, 2.45) is 11.8 Å². The van der Waals surface area contributed by atoms with Crippen LogP contribution >= 0.6 is 15.9 Å². The van der Waals surface area contributed by atoms with E-state index in [1.54, 1.807) is 12.1 Å². The molecule has 17 heavy (non-hydrogen) atoms. The topological polar surface area (TPSA) is 20.2 Å². The van der Waals surface area contributed by atoms with E-state index in [1.165, 1.54) is 6.07 Å². The molecule has 0 bridgehead atoms. The molecule has 3 atom stereocenters. The molecule has 1 N–H and O–H groups in total. The Morgan fingerprint density at radius 3 is 2.76 bits per heavy atom. The number of aliphatic hydroxyl groups is 1. The van der Waals surface area contributed by atoms with Crippen molar-refractivity contribution >= 4 is 15.9 Å². The van der Waals surface area contributed by atoms with Crippen LogP contribution < -0.4 is 0 Å². The minimum atomic E-state index is -1.02. The first-order valence-corrected chi connectivity index (χ1v) is 6.90. The fourth-order valence-electron chi connectivity index (χ4n) is 2.81. The number of hydrogen-bond acceptors (Lipinski definition) is 1. The van der Waals surface area contributed by atoms with E-state index in [0.29, 0.717) is 17.9 Å². The van der Waals surface area contributed by atoms with Crippen LogP contribution in [0.3, 0.4) is 0 Å². The second-order valence-corrected chi connectivity index (χ2v) is 6.25. The van der Waals surface area contributed by atoms with E-state index in [1.807, 2.05) is 6.92 Å². The second kappa shape index (κ2) is 4.69. The zero-order valence-corrected chi connectivity index (χ0v) is 11.8. The monoisotopic (exact) mass is 300 g/mol.